The maximum absolute atomic E-state index is 9.16. The SMILES string of the molecule is N#CCc1ccc(-n2c(=S)[nH]c3c(C#N)cccc32)cc1. The Morgan fingerprint density at radius 2 is 1.86 bits per heavy atom. The monoisotopic (exact) mass is 290 g/mol. The molecular formula is C16H10N4S. The van der Waals surface area contributed by atoms with Gasteiger partial charge in [0.25, 0.3) is 0 Å². The number of rotatable bonds is 2. The zero-order valence-electron chi connectivity index (χ0n) is 11.0. The van der Waals surface area contributed by atoms with Crippen molar-refractivity contribution in [2.24, 2.45) is 0 Å². The van der Waals surface area contributed by atoms with E-state index in [9.17, 15) is 0 Å². The van der Waals surface area contributed by atoms with E-state index in [2.05, 4.69) is 17.1 Å². The smallest absolute Gasteiger partial charge is 0.182 e. The van der Waals surface area contributed by atoms with Crippen LogP contribution in [0, 0.1) is 27.4 Å². The lowest BCUT2D eigenvalue weighted by Gasteiger charge is -2.05. The fraction of sp³-hybridized carbons (Fsp3) is 0.0625. The number of aromatic amines is 1. The fourth-order valence-corrected chi connectivity index (χ4v) is 2.64. The van der Waals surface area contributed by atoms with Crippen LogP contribution in [0.5, 0.6) is 0 Å². The number of para-hydroxylation sites is 1. The Labute approximate surface area is 126 Å². The maximum Gasteiger partial charge on any atom is 0.182 e. The average molecular weight is 290 g/mol. The topological polar surface area (TPSA) is 68.3 Å². The van der Waals surface area contributed by atoms with Crippen LogP contribution >= 0.6 is 12.2 Å². The second kappa shape index (κ2) is 5.24. The molecule has 5 heteroatoms. The van der Waals surface area contributed by atoms with Gasteiger partial charge in [0.05, 0.1) is 29.1 Å². The van der Waals surface area contributed by atoms with Gasteiger partial charge in [-0.15, -0.1) is 0 Å². The first-order chi connectivity index (χ1) is 10.2. The summed E-state index contributed by atoms with van der Waals surface area (Å²) < 4.78 is 2.43. The predicted octanol–water partition coefficient (Wildman–Crippen LogP) is 3.63. The summed E-state index contributed by atoms with van der Waals surface area (Å²) in [6.07, 6.45) is 0.387. The Bertz CT molecular complexity index is 949. The number of nitriles is 2. The van der Waals surface area contributed by atoms with E-state index in [1.54, 1.807) is 6.07 Å². The Hall–Kier alpha value is -2.89. The molecule has 0 fully saturated rings. The molecular weight excluding hydrogens is 280 g/mol. The molecule has 0 radical (unpaired) electrons. The van der Waals surface area contributed by atoms with Gasteiger partial charge in [0.15, 0.2) is 4.77 Å². The molecule has 0 aliphatic rings. The quantitative estimate of drug-likeness (QED) is 0.733. The van der Waals surface area contributed by atoms with Crippen LogP contribution in [0.2, 0.25) is 0 Å². The van der Waals surface area contributed by atoms with Gasteiger partial charge in [0.1, 0.15) is 6.07 Å². The summed E-state index contributed by atoms with van der Waals surface area (Å²) in [5, 5.41) is 17.9. The van der Waals surface area contributed by atoms with Crippen LogP contribution < -0.4 is 0 Å². The van der Waals surface area contributed by atoms with Crippen molar-refractivity contribution in [2.75, 3.05) is 0 Å². The third kappa shape index (κ3) is 2.20. The summed E-state index contributed by atoms with van der Waals surface area (Å²) >= 11 is 5.37. The molecule has 0 bridgehead atoms. The van der Waals surface area contributed by atoms with Gasteiger partial charge in [0.2, 0.25) is 0 Å². The summed E-state index contributed by atoms with van der Waals surface area (Å²) in [5.41, 5.74) is 4.05. The molecule has 3 aromatic rings. The number of benzene rings is 2. The highest BCUT2D eigenvalue weighted by molar-refractivity contribution is 7.71. The molecule has 1 aromatic heterocycles. The van der Waals surface area contributed by atoms with Crippen molar-refractivity contribution in [3.05, 3.63) is 58.4 Å². The minimum absolute atomic E-state index is 0.387. The minimum Gasteiger partial charge on any atom is -0.329 e. The van der Waals surface area contributed by atoms with Crippen LogP contribution in [0.15, 0.2) is 42.5 Å². The minimum atomic E-state index is 0.387. The van der Waals surface area contributed by atoms with Gasteiger partial charge >= 0.3 is 0 Å². The lowest BCUT2D eigenvalue weighted by molar-refractivity contribution is 1.06. The van der Waals surface area contributed by atoms with Crippen molar-refractivity contribution in [3.63, 3.8) is 0 Å². The Morgan fingerprint density at radius 1 is 1.10 bits per heavy atom. The second-order valence-electron chi connectivity index (χ2n) is 4.58. The van der Waals surface area contributed by atoms with Crippen LogP contribution in [-0.4, -0.2) is 9.55 Å². The number of nitrogens with one attached hydrogen (secondary N) is 1. The molecule has 0 saturated heterocycles. The number of fused-ring (bicyclic) bond motifs is 1. The van der Waals surface area contributed by atoms with Gasteiger partial charge in [-0.2, -0.15) is 10.5 Å². The predicted molar refractivity (Wildman–Crippen MR) is 82.5 cm³/mol. The number of imidazole rings is 1. The van der Waals surface area contributed by atoms with Gasteiger partial charge in [0, 0.05) is 5.69 Å². The number of hydrogen-bond donors (Lipinski definition) is 1. The number of nitrogens with zero attached hydrogens (tertiary/aromatic N) is 3. The highest BCUT2D eigenvalue weighted by Gasteiger charge is 2.09. The van der Waals surface area contributed by atoms with Crippen molar-refractivity contribution in [2.45, 2.75) is 6.42 Å². The van der Waals surface area contributed by atoms with Crippen molar-refractivity contribution in [3.8, 4) is 17.8 Å². The van der Waals surface area contributed by atoms with E-state index in [0.717, 1.165) is 22.3 Å². The van der Waals surface area contributed by atoms with Crippen LogP contribution in [0.3, 0.4) is 0 Å². The summed E-state index contributed by atoms with van der Waals surface area (Å²) in [5.74, 6) is 0. The van der Waals surface area contributed by atoms with Crippen LogP contribution in [0.4, 0.5) is 0 Å². The van der Waals surface area contributed by atoms with E-state index in [0.29, 0.717) is 16.8 Å². The van der Waals surface area contributed by atoms with Crippen molar-refractivity contribution >= 4 is 23.3 Å². The molecule has 0 aliphatic carbocycles. The Morgan fingerprint density at radius 3 is 2.52 bits per heavy atom. The van der Waals surface area contributed by atoms with E-state index in [-0.39, 0.29) is 0 Å². The molecule has 3 rings (SSSR count). The van der Waals surface area contributed by atoms with E-state index >= 15 is 0 Å². The van der Waals surface area contributed by atoms with Crippen molar-refractivity contribution in [1.82, 2.24) is 9.55 Å². The van der Waals surface area contributed by atoms with Gasteiger partial charge in [-0.3, -0.25) is 4.57 Å². The molecule has 0 atom stereocenters. The first-order valence-corrected chi connectivity index (χ1v) is 6.75. The standard InChI is InChI=1S/C16H10N4S/c17-9-8-11-4-6-13(7-5-11)20-14-3-1-2-12(10-18)15(14)19-16(20)21/h1-7H,8H2,(H,19,21). The molecule has 4 nitrogen and oxygen atoms in total. The normalized spacial score (nSPS) is 10.2. The maximum atomic E-state index is 9.16. The molecule has 1 heterocycles. The van der Waals surface area contributed by atoms with Crippen LogP contribution in [-0.2, 0) is 6.42 Å². The van der Waals surface area contributed by atoms with Crippen molar-refractivity contribution < 1.29 is 0 Å². The molecule has 0 aliphatic heterocycles. The third-order valence-electron chi connectivity index (χ3n) is 3.32. The average Bonchev–Trinajstić information content (AvgIpc) is 2.84. The lowest BCUT2D eigenvalue weighted by atomic mass is 10.1. The zero-order valence-corrected chi connectivity index (χ0v) is 11.8. The van der Waals surface area contributed by atoms with E-state index in [1.807, 2.05) is 41.0 Å². The highest BCUT2D eigenvalue weighted by atomic mass is 32.1. The molecule has 0 amide bonds. The third-order valence-corrected chi connectivity index (χ3v) is 3.60. The summed E-state index contributed by atoms with van der Waals surface area (Å²) in [6, 6.07) is 17.5. The van der Waals surface area contributed by atoms with E-state index in [4.69, 9.17) is 22.7 Å². The summed E-state index contributed by atoms with van der Waals surface area (Å²) in [7, 11) is 0. The summed E-state index contributed by atoms with van der Waals surface area (Å²) in [6.45, 7) is 0. The second-order valence-corrected chi connectivity index (χ2v) is 4.97. The van der Waals surface area contributed by atoms with Gasteiger partial charge in [-0.05, 0) is 42.0 Å². The van der Waals surface area contributed by atoms with Gasteiger partial charge in [-0.25, -0.2) is 0 Å². The Kier molecular flexibility index (Phi) is 3.27. The molecule has 0 spiro atoms. The largest absolute Gasteiger partial charge is 0.329 e. The molecule has 1 N–H and O–H groups in total. The van der Waals surface area contributed by atoms with Gasteiger partial charge < -0.3 is 4.98 Å². The zero-order chi connectivity index (χ0) is 14.8. The number of H-pyrrole nitrogens is 1. The molecule has 0 unspecified atom stereocenters. The first-order valence-electron chi connectivity index (χ1n) is 6.34. The number of hydrogen-bond acceptors (Lipinski definition) is 3. The molecule has 21 heavy (non-hydrogen) atoms. The first kappa shape index (κ1) is 13.1. The molecule has 100 valence electrons. The Balaban J connectivity index is 2.21. The fourth-order valence-electron chi connectivity index (χ4n) is 2.33. The molecule has 0 saturated carbocycles. The summed E-state index contributed by atoms with van der Waals surface area (Å²) in [4.78, 5) is 3.09. The number of aromatic nitrogens is 2. The van der Waals surface area contributed by atoms with Gasteiger partial charge in [-0.1, -0.05) is 18.2 Å². The van der Waals surface area contributed by atoms with Crippen LogP contribution in [0.25, 0.3) is 16.7 Å². The van der Waals surface area contributed by atoms with Crippen LogP contribution in [0.1, 0.15) is 11.1 Å². The lowest BCUT2D eigenvalue weighted by Crippen LogP contribution is -1.94. The van der Waals surface area contributed by atoms with E-state index in [1.165, 1.54) is 0 Å². The van der Waals surface area contributed by atoms with E-state index < -0.39 is 0 Å². The van der Waals surface area contributed by atoms with Crippen molar-refractivity contribution in [1.29, 1.82) is 10.5 Å². The highest BCUT2D eigenvalue weighted by Crippen LogP contribution is 2.22. The molecule has 2 aromatic carbocycles.